The minimum atomic E-state index is -0.168. The normalized spacial score (nSPS) is 14.9. The van der Waals surface area contributed by atoms with Crippen LogP contribution in [0.3, 0.4) is 0 Å². The maximum absolute atomic E-state index is 13.7. The second kappa shape index (κ2) is 6.46. The third kappa shape index (κ3) is 3.36. The molecule has 0 aliphatic carbocycles. The first-order chi connectivity index (χ1) is 10.2. The predicted molar refractivity (Wildman–Crippen MR) is 87.2 cm³/mol. The van der Waals surface area contributed by atoms with Gasteiger partial charge in [-0.25, -0.2) is 4.39 Å². The lowest BCUT2D eigenvalue weighted by atomic mass is 10.0. The average molecular weight is 299 g/mol. The summed E-state index contributed by atoms with van der Waals surface area (Å²) in [5.74, 6) is -0.168. The highest BCUT2D eigenvalue weighted by molar-refractivity contribution is 7.99. The number of rotatable bonds is 3. The third-order valence-corrected chi connectivity index (χ3v) is 4.92. The molecule has 1 nitrogen and oxygen atoms in total. The quantitative estimate of drug-likeness (QED) is 0.884. The van der Waals surface area contributed by atoms with Crippen molar-refractivity contribution in [3.05, 3.63) is 65.5 Å². The second-order valence-electron chi connectivity index (χ2n) is 5.19. The lowest BCUT2D eigenvalue weighted by Gasteiger charge is -2.17. The van der Waals surface area contributed by atoms with Crippen molar-refractivity contribution < 1.29 is 4.39 Å². The van der Waals surface area contributed by atoms with Crippen LogP contribution in [0.1, 0.15) is 17.5 Å². The van der Waals surface area contributed by atoms with Gasteiger partial charge in [-0.2, -0.15) is 0 Å². The SMILES string of the molecule is Cc1ccccc1Sc1ccc(F)cc1C1=CCNCC1. The number of halogens is 1. The molecule has 1 heterocycles. The third-order valence-electron chi connectivity index (χ3n) is 3.66. The summed E-state index contributed by atoms with van der Waals surface area (Å²) >= 11 is 1.72. The fourth-order valence-electron chi connectivity index (χ4n) is 2.50. The molecule has 0 amide bonds. The van der Waals surface area contributed by atoms with E-state index in [0.717, 1.165) is 30.0 Å². The Kier molecular flexibility index (Phi) is 4.42. The summed E-state index contributed by atoms with van der Waals surface area (Å²) in [6.45, 7) is 3.92. The standard InChI is InChI=1S/C18H18FNS/c1-13-4-2-3-5-17(13)21-18-7-6-15(19)12-16(18)14-8-10-20-11-9-14/h2-8,12,20H,9-11H2,1H3. The van der Waals surface area contributed by atoms with Crippen molar-refractivity contribution in [2.75, 3.05) is 13.1 Å². The van der Waals surface area contributed by atoms with Crippen molar-refractivity contribution in [1.29, 1.82) is 0 Å². The molecule has 1 N–H and O–H groups in total. The highest BCUT2D eigenvalue weighted by Crippen LogP contribution is 2.36. The van der Waals surface area contributed by atoms with Gasteiger partial charge in [0.1, 0.15) is 5.82 Å². The topological polar surface area (TPSA) is 12.0 Å². The highest BCUT2D eigenvalue weighted by Gasteiger charge is 2.13. The minimum Gasteiger partial charge on any atom is -0.313 e. The molecule has 108 valence electrons. The molecule has 0 spiro atoms. The summed E-state index contributed by atoms with van der Waals surface area (Å²) < 4.78 is 13.7. The summed E-state index contributed by atoms with van der Waals surface area (Å²) in [5.41, 5.74) is 3.52. The molecule has 0 saturated heterocycles. The van der Waals surface area contributed by atoms with E-state index in [1.165, 1.54) is 16.0 Å². The van der Waals surface area contributed by atoms with Gasteiger partial charge in [0.25, 0.3) is 0 Å². The lowest BCUT2D eigenvalue weighted by molar-refractivity contribution is 0.625. The zero-order valence-corrected chi connectivity index (χ0v) is 12.8. The Balaban J connectivity index is 1.98. The van der Waals surface area contributed by atoms with Gasteiger partial charge in [0, 0.05) is 16.3 Å². The zero-order valence-electron chi connectivity index (χ0n) is 12.0. The predicted octanol–water partition coefficient (Wildman–Crippen LogP) is 4.66. The molecule has 0 aromatic heterocycles. The summed E-state index contributed by atoms with van der Waals surface area (Å²) in [6.07, 6.45) is 3.12. The molecule has 21 heavy (non-hydrogen) atoms. The van der Waals surface area contributed by atoms with Crippen LogP contribution in [0.5, 0.6) is 0 Å². The Bertz CT molecular complexity index is 679. The molecule has 0 bridgehead atoms. The summed E-state index contributed by atoms with van der Waals surface area (Å²) in [6, 6.07) is 13.4. The van der Waals surface area contributed by atoms with Crippen molar-refractivity contribution in [1.82, 2.24) is 5.32 Å². The number of nitrogens with one attached hydrogen (secondary N) is 1. The molecule has 3 heteroatoms. The van der Waals surface area contributed by atoms with E-state index in [4.69, 9.17) is 0 Å². The van der Waals surface area contributed by atoms with E-state index >= 15 is 0 Å². The minimum absolute atomic E-state index is 0.168. The lowest BCUT2D eigenvalue weighted by Crippen LogP contribution is -2.20. The molecule has 0 unspecified atom stereocenters. The van der Waals surface area contributed by atoms with Gasteiger partial charge in [-0.05, 0) is 60.9 Å². The van der Waals surface area contributed by atoms with Gasteiger partial charge in [-0.1, -0.05) is 36.0 Å². The first kappa shape index (κ1) is 14.4. The van der Waals surface area contributed by atoms with Gasteiger partial charge < -0.3 is 5.32 Å². The van der Waals surface area contributed by atoms with Crippen molar-refractivity contribution >= 4 is 17.3 Å². The molecule has 2 aromatic rings. The number of hydrogen-bond donors (Lipinski definition) is 1. The molecule has 2 aromatic carbocycles. The van der Waals surface area contributed by atoms with Crippen LogP contribution in [0.2, 0.25) is 0 Å². The van der Waals surface area contributed by atoms with E-state index in [-0.39, 0.29) is 5.82 Å². The van der Waals surface area contributed by atoms with Crippen LogP contribution in [0.4, 0.5) is 4.39 Å². The fraction of sp³-hybridized carbons (Fsp3) is 0.222. The van der Waals surface area contributed by atoms with Crippen molar-refractivity contribution in [3.8, 4) is 0 Å². The van der Waals surface area contributed by atoms with E-state index < -0.39 is 0 Å². The van der Waals surface area contributed by atoms with Gasteiger partial charge >= 0.3 is 0 Å². The number of benzene rings is 2. The fourth-order valence-corrected chi connectivity index (χ4v) is 3.55. The zero-order chi connectivity index (χ0) is 14.7. The van der Waals surface area contributed by atoms with Crippen molar-refractivity contribution in [3.63, 3.8) is 0 Å². The first-order valence-electron chi connectivity index (χ1n) is 7.17. The van der Waals surface area contributed by atoms with E-state index in [0.29, 0.717) is 0 Å². The monoisotopic (exact) mass is 299 g/mol. The highest BCUT2D eigenvalue weighted by atomic mass is 32.2. The molecule has 3 rings (SSSR count). The van der Waals surface area contributed by atoms with Gasteiger partial charge in [0.15, 0.2) is 0 Å². The molecule has 0 saturated carbocycles. The summed E-state index contributed by atoms with van der Waals surface area (Å²) in [5, 5.41) is 3.30. The van der Waals surface area contributed by atoms with E-state index in [1.807, 2.05) is 18.2 Å². The maximum Gasteiger partial charge on any atom is 0.123 e. The molecule has 1 aliphatic rings. The average Bonchev–Trinajstić information content (AvgIpc) is 2.52. The first-order valence-corrected chi connectivity index (χ1v) is 7.99. The molecule has 0 radical (unpaired) electrons. The molecule has 0 atom stereocenters. The second-order valence-corrected chi connectivity index (χ2v) is 6.28. The van der Waals surface area contributed by atoms with Crippen LogP contribution < -0.4 is 5.32 Å². The van der Waals surface area contributed by atoms with Crippen LogP contribution >= 0.6 is 11.8 Å². The van der Waals surface area contributed by atoms with Crippen LogP contribution in [0.25, 0.3) is 5.57 Å². The Morgan fingerprint density at radius 3 is 2.71 bits per heavy atom. The van der Waals surface area contributed by atoms with Crippen molar-refractivity contribution in [2.24, 2.45) is 0 Å². The van der Waals surface area contributed by atoms with E-state index in [9.17, 15) is 4.39 Å². The summed E-state index contributed by atoms with van der Waals surface area (Å²) in [7, 11) is 0. The molecular formula is C18H18FNS. The van der Waals surface area contributed by atoms with Gasteiger partial charge in [0.05, 0.1) is 0 Å². The maximum atomic E-state index is 13.7. The van der Waals surface area contributed by atoms with Crippen LogP contribution in [-0.2, 0) is 0 Å². The van der Waals surface area contributed by atoms with E-state index in [2.05, 4.69) is 30.4 Å². The van der Waals surface area contributed by atoms with Gasteiger partial charge in [0.2, 0.25) is 0 Å². The van der Waals surface area contributed by atoms with Crippen LogP contribution in [-0.4, -0.2) is 13.1 Å². The molecule has 1 aliphatic heterocycles. The molecule has 0 fully saturated rings. The Labute approximate surface area is 129 Å². The number of aryl methyl sites for hydroxylation is 1. The van der Waals surface area contributed by atoms with Crippen LogP contribution in [0, 0.1) is 12.7 Å². The van der Waals surface area contributed by atoms with Gasteiger partial charge in [-0.3, -0.25) is 0 Å². The smallest absolute Gasteiger partial charge is 0.123 e. The van der Waals surface area contributed by atoms with E-state index in [1.54, 1.807) is 23.9 Å². The van der Waals surface area contributed by atoms with Gasteiger partial charge in [-0.15, -0.1) is 0 Å². The van der Waals surface area contributed by atoms with Crippen molar-refractivity contribution in [2.45, 2.75) is 23.1 Å². The Hall–Kier alpha value is -1.58. The summed E-state index contributed by atoms with van der Waals surface area (Å²) in [4.78, 5) is 2.35. The largest absolute Gasteiger partial charge is 0.313 e. The number of hydrogen-bond acceptors (Lipinski definition) is 2. The van der Waals surface area contributed by atoms with Crippen LogP contribution in [0.15, 0.2) is 58.3 Å². The molecular weight excluding hydrogens is 281 g/mol. The Morgan fingerprint density at radius 2 is 1.95 bits per heavy atom. The Morgan fingerprint density at radius 1 is 1.10 bits per heavy atom.